The number of rotatable bonds is 6. The van der Waals surface area contributed by atoms with Crippen LogP contribution in [0.1, 0.15) is 5.56 Å². The zero-order chi connectivity index (χ0) is 21.5. The van der Waals surface area contributed by atoms with Crippen LogP contribution in [0.15, 0.2) is 54.6 Å². The van der Waals surface area contributed by atoms with Gasteiger partial charge in [-0.25, -0.2) is 4.39 Å². The van der Waals surface area contributed by atoms with E-state index in [4.69, 9.17) is 4.74 Å². The van der Waals surface area contributed by atoms with Gasteiger partial charge in [-0.15, -0.1) is 0 Å². The van der Waals surface area contributed by atoms with Gasteiger partial charge in [0.1, 0.15) is 11.6 Å². The Hall–Kier alpha value is -3.35. The van der Waals surface area contributed by atoms with Crippen molar-refractivity contribution in [1.29, 1.82) is 0 Å². The maximum Gasteiger partial charge on any atom is 0.246 e. The molecule has 2 aromatic rings. The highest BCUT2D eigenvalue weighted by atomic mass is 19.1. The number of piperazine rings is 1. The van der Waals surface area contributed by atoms with Crippen LogP contribution in [0.2, 0.25) is 0 Å². The quantitative estimate of drug-likeness (QED) is 0.686. The molecule has 0 atom stereocenters. The average molecular weight is 411 g/mol. The van der Waals surface area contributed by atoms with Crippen LogP contribution in [-0.4, -0.2) is 68.5 Å². The number of methoxy groups -OCH3 is 1. The molecule has 2 aromatic carbocycles. The molecule has 1 heterocycles. The van der Waals surface area contributed by atoms with Gasteiger partial charge in [-0.05, 0) is 48.0 Å². The van der Waals surface area contributed by atoms with E-state index < -0.39 is 0 Å². The molecular formula is C23H26FN3O3. The van der Waals surface area contributed by atoms with Crippen molar-refractivity contribution >= 4 is 23.6 Å². The summed E-state index contributed by atoms with van der Waals surface area (Å²) in [5, 5.41) is 0. The van der Waals surface area contributed by atoms with E-state index in [0.29, 0.717) is 31.9 Å². The maximum absolute atomic E-state index is 13.1. The summed E-state index contributed by atoms with van der Waals surface area (Å²) in [6.07, 6.45) is 3.15. The molecule has 0 aromatic heterocycles. The Morgan fingerprint density at radius 3 is 2.47 bits per heavy atom. The number of anilines is 1. The monoisotopic (exact) mass is 411 g/mol. The number of amides is 2. The van der Waals surface area contributed by atoms with E-state index in [1.807, 2.05) is 24.3 Å². The first-order valence-corrected chi connectivity index (χ1v) is 9.82. The number of carbonyl (C=O) groups is 2. The first-order chi connectivity index (χ1) is 14.5. The summed E-state index contributed by atoms with van der Waals surface area (Å²) in [4.78, 5) is 30.2. The number of hydrogen-bond donors (Lipinski definition) is 0. The predicted octanol–water partition coefficient (Wildman–Crippen LogP) is 2.65. The van der Waals surface area contributed by atoms with E-state index in [2.05, 4.69) is 4.90 Å². The molecule has 1 aliphatic heterocycles. The zero-order valence-electron chi connectivity index (χ0n) is 17.3. The minimum absolute atomic E-state index is 0.0256. The van der Waals surface area contributed by atoms with Crippen LogP contribution in [0.3, 0.4) is 0 Å². The zero-order valence-corrected chi connectivity index (χ0v) is 17.3. The van der Waals surface area contributed by atoms with Crippen LogP contribution in [0.5, 0.6) is 5.75 Å². The number of benzene rings is 2. The van der Waals surface area contributed by atoms with E-state index in [1.54, 1.807) is 37.3 Å². The Morgan fingerprint density at radius 1 is 1.10 bits per heavy atom. The minimum Gasteiger partial charge on any atom is -0.497 e. The van der Waals surface area contributed by atoms with E-state index in [0.717, 1.165) is 11.3 Å². The lowest BCUT2D eigenvalue weighted by molar-refractivity contribution is -0.137. The van der Waals surface area contributed by atoms with Crippen molar-refractivity contribution < 1.29 is 18.7 Å². The summed E-state index contributed by atoms with van der Waals surface area (Å²) >= 11 is 0. The Bertz CT molecular complexity index is 906. The van der Waals surface area contributed by atoms with Crippen LogP contribution in [0.25, 0.3) is 6.08 Å². The fourth-order valence-corrected chi connectivity index (χ4v) is 3.29. The summed E-state index contributed by atoms with van der Waals surface area (Å²) in [5.74, 6) is 0.129. The standard InChI is InChI=1S/C23H26FN3O3/c1-25(22(28)11-6-18-4-3-5-21(16-18)30-2)17-23(29)27-14-12-26(13-15-27)20-9-7-19(24)8-10-20/h3-11,16H,12-15,17H2,1-2H3/b11-6+. The van der Waals surface area contributed by atoms with Gasteiger partial charge in [0.2, 0.25) is 11.8 Å². The highest BCUT2D eigenvalue weighted by Crippen LogP contribution is 2.17. The maximum atomic E-state index is 13.1. The first-order valence-electron chi connectivity index (χ1n) is 9.82. The third kappa shape index (κ3) is 5.59. The lowest BCUT2D eigenvalue weighted by atomic mass is 10.2. The van der Waals surface area contributed by atoms with E-state index >= 15 is 0 Å². The van der Waals surface area contributed by atoms with Gasteiger partial charge in [-0.1, -0.05) is 12.1 Å². The fraction of sp³-hybridized carbons (Fsp3) is 0.304. The van der Waals surface area contributed by atoms with Crippen LogP contribution < -0.4 is 9.64 Å². The van der Waals surface area contributed by atoms with Gasteiger partial charge in [0.15, 0.2) is 0 Å². The number of hydrogen-bond acceptors (Lipinski definition) is 4. The molecule has 0 bridgehead atoms. The van der Waals surface area contributed by atoms with Crippen molar-refractivity contribution in [3.63, 3.8) is 0 Å². The predicted molar refractivity (Wildman–Crippen MR) is 115 cm³/mol. The molecule has 0 spiro atoms. The summed E-state index contributed by atoms with van der Waals surface area (Å²) in [6.45, 7) is 2.50. The Labute approximate surface area is 176 Å². The normalized spacial score (nSPS) is 14.1. The van der Waals surface area contributed by atoms with Gasteiger partial charge in [0.25, 0.3) is 0 Å². The fourth-order valence-electron chi connectivity index (χ4n) is 3.29. The van der Waals surface area contributed by atoms with Crippen molar-refractivity contribution in [2.45, 2.75) is 0 Å². The van der Waals surface area contributed by atoms with E-state index in [1.165, 1.54) is 23.1 Å². The van der Waals surface area contributed by atoms with Gasteiger partial charge in [0, 0.05) is 45.0 Å². The van der Waals surface area contributed by atoms with Crippen molar-refractivity contribution in [1.82, 2.24) is 9.80 Å². The van der Waals surface area contributed by atoms with Crippen molar-refractivity contribution in [2.75, 3.05) is 51.8 Å². The molecule has 1 aliphatic rings. The molecule has 0 aliphatic carbocycles. The van der Waals surface area contributed by atoms with Gasteiger partial charge < -0.3 is 19.4 Å². The number of ether oxygens (including phenoxy) is 1. The second kappa shape index (κ2) is 9.91. The first kappa shape index (κ1) is 21.4. The number of carbonyl (C=O) groups excluding carboxylic acids is 2. The SMILES string of the molecule is COc1cccc(/C=C/C(=O)N(C)CC(=O)N2CCN(c3ccc(F)cc3)CC2)c1. The molecular weight excluding hydrogens is 385 g/mol. The van der Waals surface area contributed by atoms with Crippen molar-refractivity contribution in [3.8, 4) is 5.75 Å². The molecule has 0 saturated carbocycles. The molecule has 0 unspecified atom stereocenters. The largest absolute Gasteiger partial charge is 0.497 e. The van der Waals surface area contributed by atoms with Crippen LogP contribution in [0, 0.1) is 5.82 Å². The minimum atomic E-state index is -0.263. The summed E-state index contributed by atoms with van der Waals surface area (Å²) < 4.78 is 18.3. The Kier molecular flexibility index (Phi) is 7.06. The van der Waals surface area contributed by atoms with Crippen molar-refractivity contribution in [2.24, 2.45) is 0 Å². The third-order valence-electron chi connectivity index (χ3n) is 5.08. The highest BCUT2D eigenvalue weighted by Gasteiger charge is 2.23. The summed E-state index contributed by atoms with van der Waals surface area (Å²) in [6, 6.07) is 13.7. The summed E-state index contributed by atoms with van der Waals surface area (Å²) in [7, 11) is 3.21. The lowest BCUT2D eigenvalue weighted by Crippen LogP contribution is -2.51. The smallest absolute Gasteiger partial charge is 0.246 e. The number of halogens is 1. The van der Waals surface area contributed by atoms with Crippen molar-refractivity contribution in [3.05, 3.63) is 66.0 Å². The topological polar surface area (TPSA) is 53.1 Å². The third-order valence-corrected chi connectivity index (χ3v) is 5.08. The van der Waals surface area contributed by atoms with Crippen LogP contribution in [-0.2, 0) is 9.59 Å². The van der Waals surface area contributed by atoms with Gasteiger partial charge in [-0.3, -0.25) is 9.59 Å². The molecule has 0 N–H and O–H groups in total. The highest BCUT2D eigenvalue weighted by molar-refractivity contribution is 5.94. The molecule has 1 fully saturated rings. The second-order valence-electron chi connectivity index (χ2n) is 7.15. The second-order valence-corrected chi connectivity index (χ2v) is 7.15. The molecule has 1 saturated heterocycles. The average Bonchev–Trinajstić information content (AvgIpc) is 2.78. The molecule has 2 amide bonds. The van der Waals surface area contributed by atoms with E-state index in [-0.39, 0.29) is 24.2 Å². The molecule has 0 radical (unpaired) electrons. The summed E-state index contributed by atoms with van der Waals surface area (Å²) in [5.41, 5.74) is 1.79. The number of likely N-dealkylation sites (N-methyl/N-ethyl adjacent to an activating group) is 1. The van der Waals surface area contributed by atoms with Gasteiger partial charge in [-0.2, -0.15) is 0 Å². The molecule has 7 heteroatoms. The van der Waals surface area contributed by atoms with Crippen LogP contribution in [0.4, 0.5) is 10.1 Å². The molecule has 3 rings (SSSR count). The molecule has 158 valence electrons. The molecule has 6 nitrogen and oxygen atoms in total. The molecule has 30 heavy (non-hydrogen) atoms. The Morgan fingerprint density at radius 2 is 1.80 bits per heavy atom. The van der Waals surface area contributed by atoms with E-state index in [9.17, 15) is 14.0 Å². The lowest BCUT2D eigenvalue weighted by Gasteiger charge is -2.36. The van der Waals surface area contributed by atoms with Gasteiger partial charge >= 0.3 is 0 Å². The Balaban J connectivity index is 1.48. The number of nitrogens with zero attached hydrogens (tertiary/aromatic N) is 3. The van der Waals surface area contributed by atoms with Crippen LogP contribution >= 0.6 is 0 Å². The van der Waals surface area contributed by atoms with Gasteiger partial charge in [0.05, 0.1) is 13.7 Å².